The minimum atomic E-state index is -0.329. The second-order valence-corrected chi connectivity index (χ2v) is 8.34. The molecule has 0 amide bonds. The number of aromatic nitrogens is 3. The van der Waals surface area contributed by atoms with Crippen molar-refractivity contribution in [3.63, 3.8) is 0 Å². The van der Waals surface area contributed by atoms with Gasteiger partial charge in [-0.1, -0.05) is 23.7 Å². The number of aryl methyl sites for hydroxylation is 1. The van der Waals surface area contributed by atoms with Crippen LogP contribution in [0, 0.1) is 0 Å². The Bertz CT molecular complexity index is 1100. The van der Waals surface area contributed by atoms with Gasteiger partial charge in [0.05, 0.1) is 36.0 Å². The van der Waals surface area contributed by atoms with Crippen LogP contribution in [0.5, 0.6) is 0 Å². The van der Waals surface area contributed by atoms with E-state index in [1.54, 1.807) is 6.33 Å². The van der Waals surface area contributed by atoms with Crippen LogP contribution in [0.3, 0.4) is 0 Å². The highest BCUT2D eigenvalue weighted by Gasteiger charge is 2.33. The molecule has 2 aromatic heterocycles. The lowest BCUT2D eigenvalue weighted by atomic mass is 9.90. The molecule has 0 saturated carbocycles. The van der Waals surface area contributed by atoms with Crippen LogP contribution in [0.4, 0.5) is 0 Å². The van der Waals surface area contributed by atoms with Crippen molar-refractivity contribution < 1.29 is 0 Å². The van der Waals surface area contributed by atoms with Crippen LogP contribution in [0.15, 0.2) is 49.1 Å². The van der Waals surface area contributed by atoms with Gasteiger partial charge in [-0.25, -0.2) is 4.98 Å². The molecule has 1 aromatic carbocycles. The molecule has 2 aliphatic rings. The maximum Gasteiger partial charge on any atom is 0.0946 e. The van der Waals surface area contributed by atoms with Crippen LogP contribution < -0.4 is 11.1 Å². The second kappa shape index (κ2) is 7.96. The molecule has 1 saturated heterocycles. The van der Waals surface area contributed by atoms with E-state index in [1.807, 2.05) is 42.2 Å². The molecule has 3 heterocycles. The van der Waals surface area contributed by atoms with E-state index in [0.29, 0.717) is 5.02 Å². The average molecular weight is 421 g/mol. The van der Waals surface area contributed by atoms with E-state index in [9.17, 15) is 0 Å². The van der Waals surface area contributed by atoms with E-state index in [0.717, 1.165) is 54.3 Å². The number of hydrogen-bond donors (Lipinski definition) is 2. The van der Waals surface area contributed by atoms with Gasteiger partial charge in [0.1, 0.15) is 0 Å². The van der Waals surface area contributed by atoms with Crippen LogP contribution in [0.1, 0.15) is 40.2 Å². The van der Waals surface area contributed by atoms with Crippen molar-refractivity contribution in [1.82, 2.24) is 24.8 Å². The third kappa shape index (κ3) is 3.36. The van der Waals surface area contributed by atoms with Crippen molar-refractivity contribution in [2.45, 2.75) is 12.1 Å². The summed E-state index contributed by atoms with van der Waals surface area (Å²) >= 11 is 6.48. The number of fused-ring (bicyclic) bond motifs is 2. The Morgan fingerprint density at radius 3 is 2.83 bits per heavy atom. The average Bonchev–Trinajstić information content (AvgIpc) is 3.14. The number of halogens is 1. The van der Waals surface area contributed by atoms with Crippen LogP contribution in [0.2, 0.25) is 5.02 Å². The molecule has 0 bridgehead atoms. The summed E-state index contributed by atoms with van der Waals surface area (Å²) in [4.78, 5) is 11.6. The minimum Gasteiger partial charge on any atom is -0.336 e. The standard InChI is InChI=1S/C23H25ClN6/c1-29-14-27-13-20(29)21(25)19-11-15-3-2-6-28-22(15)23(30-9-7-26-8-10-30)17-5-4-16(24)12-18(17)19/h2-6,11-14,21,23,26H,7-10,25H2,1H3/t21-,23?/m1/s1. The zero-order valence-corrected chi connectivity index (χ0v) is 17.7. The highest BCUT2D eigenvalue weighted by atomic mass is 35.5. The van der Waals surface area contributed by atoms with Crippen LogP contribution in [0.25, 0.3) is 11.6 Å². The quantitative estimate of drug-likeness (QED) is 0.681. The zero-order chi connectivity index (χ0) is 20.7. The lowest BCUT2D eigenvalue weighted by Crippen LogP contribution is -2.45. The Morgan fingerprint density at radius 2 is 2.07 bits per heavy atom. The van der Waals surface area contributed by atoms with Crippen molar-refractivity contribution in [1.29, 1.82) is 0 Å². The Kier molecular flexibility index (Phi) is 5.16. The number of rotatable bonds is 3. The summed E-state index contributed by atoms with van der Waals surface area (Å²) in [5, 5.41) is 4.16. The van der Waals surface area contributed by atoms with Crippen molar-refractivity contribution in [3.8, 4) is 0 Å². The van der Waals surface area contributed by atoms with E-state index in [1.165, 1.54) is 5.56 Å². The molecule has 3 N–H and O–H groups in total. The first-order valence-corrected chi connectivity index (χ1v) is 10.6. The van der Waals surface area contributed by atoms with Gasteiger partial charge in [0.15, 0.2) is 0 Å². The fraction of sp³-hybridized carbons (Fsp3) is 0.304. The third-order valence-corrected chi connectivity index (χ3v) is 6.32. The summed E-state index contributed by atoms with van der Waals surface area (Å²) in [7, 11) is 1.97. The van der Waals surface area contributed by atoms with Gasteiger partial charge >= 0.3 is 0 Å². The number of nitrogens with two attached hydrogens (primary N) is 1. The Hall–Kier alpha value is -2.51. The number of nitrogens with zero attached hydrogens (tertiary/aromatic N) is 4. The summed E-state index contributed by atoms with van der Waals surface area (Å²) in [6.45, 7) is 3.87. The zero-order valence-electron chi connectivity index (χ0n) is 16.9. The lowest BCUT2D eigenvalue weighted by molar-refractivity contribution is 0.195. The number of benzene rings is 1. The largest absolute Gasteiger partial charge is 0.336 e. The number of hydrogen-bond acceptors (Lipinski definition) is 5. The number of imidazole rings is 1. The summed E-state index contributed by atoms with van der Waals surface area (Å²) in [6, 6.07) is 9.99. The molecule has 3 aromatic rings. The van der Waals surface area contributed by atoms with E-state index < -0.39 is 0 Å². The van der Waals surface area contributed by atoms with Gasteiger partial charge in [0, 0.05) is 44.4 Å². The molecule has 0 spiro atoms. The molecule has 1 fully saturated rings. The molecule has 2 atom stereocenters. The summed E-state index contributed by atoms with van der Waals surface area (Å²) in [5.41, 5.74) is 13.2. The summed E-state index contributed by atoms with van der Waals surface area (Å²) < 4.78 is 1.97. The molecule has 7 heteroatoms. The molecule has 30 heavy (non-hydrogen) atoms. The van der Waals surface area contributed by atoms with Crippen molar-refractivity contribution in [3.05, 3.63) is 82.2 Å². The third-order valence-electron chi connectivity index (χ3n) is 6.09. The lowest BCUT2D eigenvalue weighted by Gasteiger charge is -2.36. The molecule has 1 aliphatic carbocycles. The maximum atomic E-state index is 6.81. The van der Waals surface area contributed by atoms with Crippen molar-refractivity contribution in [2.24, 2.45) is 12.8 Å². The van der Waals surface area contributed by atoms with Gasteiger partial charge in [-0.15, -0.1) is 0 Å². The second-order valence-electron chi connectivity index (χ2n) is 7.90. The van der Waals surface area contributed by atoms with Gasteiger partial charge < -0.3 is 15.6 Å². The Labute approximate surface area is 181 Å². The summed E-state index contributed by atoms with van der Waals surface area (Å²) in [5.74, 6) is 0. The highest BCUT2D eigenvalue weighted by molar-refractivity contribution is 6.30. The molecule has 1 unspecified atom stereocenters. The molecule has 6 nitrogen and oxygen atoms in total. The topological polar surface area (TPSA) is 72.0 Å². The van der Waals surface area contributed by atoms with Gasteiger partial charge in [0.2, 0.25) is 0 Å². The van der Waals surface area contributed by atoms with E-state index in [-0.39, 0.29) is 12.1 Å². The first kappa shape index (κ1) is 19.5. The Morgan fingerprint density at radius 1 is 1.23 bits per heavy atom. The molecule has 1 aliphatic heterocycles. The van der Waals surface area contributed by atoms with Crippen LogP contribution in [-0.4, -0.2) is 45.6 Å². The van der Waals surface area contributed by atoms with Crippen molar-refractivity contribution in [2.75, 3.05) is 26.2 Å². The van der Waals surface area contributed by atoms with Crippen molar-refractivity contribution >= 4 is 23.3 Å². The molecule has 0 radical (unpaired) electrons. The monoisotopic (exact) mass is 420 g/mol. The first-order valence-electron chi connectivity index (χ1n) is 10.3. The number of pyridine rings is 1. The smallest absolute Gasteiger partial charge is 0.0946 e. The predicted octanol–water partition coefficient (Wildman–Crippen LogP) is 3.02. The SMILES string of the molecule is Cn1cncc1[C@H](N)C1=Cc2cccnc2C(N2CCNCC2)c2ccc(Cl)cc21. The van der Waals surface area contributed by atoms with Gasteiger partial charge in [-0.2, -0.15) is 0 Å². The highest BCUT2D eigenvalue weighted by Crippen LogP contribution is 2.43. The fourth-order valence-corrected chi connectivity index (χ4v) is 4.76. The van der Waals surface area contributed by atoms with Gasteiger partial charge in [0.25, 0.3) is 0 Å². The van der Waals surface area contributed by atoms with Gasteiger partial charge in [-0.05, 0) is 46.5 Å². The normalized spacial score (nSPS) is 20.1. The molecular weight excluding hydrogens is 396 g/mol. The van der Waals surface area contributed by atoms with Crippen LogP contribution in [-0.2, 0) is 7.05 Å². The van der Waals surface area contributed by atoms with E-state index >= 15 is 0 Å². The maximum absolute atomic E-state index is 6.81. The van der Waals surface area contributed by atoms with Crippen LogP contribution >= 0.6 is 11.6 Å². The number of nitrogens with one attached hydrogen (secondary N) is 1. The van der Waals surface area contributed by atoms with Gasteiger partial charge in [-0.3, -0.25) is 9.88 Å². The molecular formula is C23H25ClN6. The minimum absolute atomic E-state index is 0.0584. The first-order chi connectivity index (χ1) is 14.6. The Balaban J connectivity index is 1.73. The molecule has 154 valence electrons. The fourth-order valence-electron chi connectivity index (χ4n) is 4.58. The molecule has 5 rings (SSSR count). The summed E-state index contributed by atoms with van der Waals surface area (Å²) in [6.07, 6.45) is 7.67. The van der Waals surface area contributed by atoms with E-state index in [2.05, 4.69) is 33.4 Å². The predicted molar refractivity (Wildman–Crippen MR) is 120 cm³/mol. The number of piperazine rings is 1. The van der Waals surface area contributed by atoms with E-state index in [4.69, 9.17) is 22.3 Å².